The molecule has 0 saturated carbocycles. The normalized spacial score (nSPS) is 11.0. The molecule has 3 aromatic heterocycles. The van der Waals surface area contributed by atoms with Crippen LogP contribution in [-0.2, 0) is 20.5 Å². The number of benzene rings is 1. The van der Waals surface area contributed by atoms with Gasteiger partial charge in [-0.15, -0.1) is 11.3 Å². The van der Waals surface area contributed by atoms with Gasteiger partial charge in [0.1, 0.15) is 11.5 Å². The number of aromatic nitrogens is 4. The number of amides is 1. The van der Waals surface area contributed by atoms with E-state index >= 15 is 0 Å². The number of rotatable bonds is 4. The summed E-state index contributed by atoms with van der Waals surface area (Å²) in [7, 11) is 2.88. The van der Waals surface area contributed by atoms with Crippen LogP contribution in [0.5, 0.6) is 0 Å². The summed E-state index contributed by atoms with van der Waals surface area (Å²) in [6.45, 7) is 0. The lowest BCUT2D eigenvalue weighted by Crippen LogP contribution is -2.37. The second-order valence-electron chi connectivity index (χ2n) is 6.69. The number of anilines is 1. The van der Waals surface area contributed by atoms with Gasteiger partial charge in [-0.1, -0.05) is 12.1 Å². The Morgan fingerprint density at radius 1 is 1.10 bits per heavy atom. The predicted octanol–water partition coefficient (Wildman–Crippen LogP) is 2.07. The van der Waals surface area contributed by atoms with Crippen molar-refractivity contribution in [3.05, 3.63) is 85.4 Å². The molecule has 0 atom stereocenters. The molecule has 8 nitrogen and oxygen atoms in total. The zero-order valence-corrected chi connectivity index (χ0v) is 16.9. The zero-order chi connectivity index (χ0) is 21.4. The van der Waals surface area contributed by atoms with Gasteiger partial charge in [0.15, 0.2) is 5.13 Å². The fourth-order valence-corrected chi connectivity index (χ4v) is 3.85. The number of pyridine rings is 1. The van der Waals surface area contributed by atoms with E-state index in [0.29, 0.717) is 11.6 Å². The van der Waals surface area contributed by atoms with Crippen molar-refractivity contribution >= 4 is 33.4 Å². The third kappa shape index (κ3) is 3.64. The van der Waals surface area contributed by atoms with Gasteiger partial charge in [0.25, 0.3) is 11.5 Å². The molecule has 3 heterocycles. The Bertz CT molecular complexity index is 1390. The number of aryl methyl sites for hydroxylation is 1. The second kappa shape index (κ2) is 7.64. The first-order valence-electron chi connectivity index (χ1n) is 8.90. The fraction of sp³-hybridized carbons (Fsp3) is 0.150. The van der Waals surface area contributed by atoms with Crippen molar-refractivity contribution in [3.63, 3.8) is 0 Å². The Balaban J connectivity index is 1.56. The van der Waals surface area contributed by atoms with E-state index in [9.17, 15) is 18.8 Å². The van der Waals surface area contributed by atoms with E-state index in [4.69, 9.17) is 0 Å². The number of thiazole rings is 1. The Morgan fingerprint density at radius 2 is 1.83 bits per heavy atom. The number of fused-ring (bicyclic) bond motifs is 1. The first-order chi connectivity index (χ1) is 14.3. The first kappa shape index (κ1) is 19.6. The molecule has 0 bridgehead atoms. The van der Waals surface area contributed by atoms with Gasteiger partial charge < -0.3 is 0 Å². The van der Waals surface area contributed by atoms with E-state index in [-0.39, 0.29) is 22.4 Å². The number of nitrogens with one attached hydrogen (secondary N) is 1. The molecule has 10 heteroatoms. The lowest BCUT2D eigenvalue weighted by molar-refractivity contribution is 0.102. The van der Waals surface area contributed by atoms with E-state index in [1.807, 2.05) is 0 Å². The quantitative estimate of drug-likeness (QED) is 0.540. The topological polar surface area (TPSA) is 98.9 Å². The van der Waals surface area contributed by atoms with Gasteiger partial charge in [0, 0.05) is 37.8 Å². The lowest BCUT2D eigenvalue weighted by atomic mass is 10.1. The van der Waals surface area contributed by atoms with Crippen molar-refractivity contribution in [3.8, 4) is 0 Å². The average Bonchev–Trinajstić information content (AvgIpc) is 3.18. The highest BCUT2D eigenvalue weighted by molar-refractivity contribution is 7.15. The maximum absolute atomic E-state index is 13.0. The molecule has 152 valence electrons. The van der Waals surface area contributed by atoms with Crippen molar-refractivity contribution < 1.29 is 9.18 Å². The van der Waals surface area contributed by atoms with Crippen LogP contribution < -0.4 is 16.6 Å². The van der Waals surface area contributed by atoms with E-state index < -0.39 is 17.2 Å². The molecule has 0 fully saturated rings. The van der Waals surface area contributed by atoms with E-state index in [1.165, 1.54) is 54.4 Å². The van der Waals surface area contributed by atoms with Gasteiger partial charge in [0.05, 0.1) is 10.9 Å². The standard InChI is InChI=1S/C20H16FN5O3S/c1-25-16-15(18(28)26(2)20(25)29)8-12(9-22-16)17(27)24-19-23-10-14(30-19)7-11-3-5-13(21)6-4-11/h3-6,8-10H,7H2,1-2H3,(H,23,24,27). The van der Waals surface area contributed by atoms with Crippen LogP contribution in [0.2, 0.25) is 0 Å². The smallest absolute Gasteiger partial charge is 0.298 e. The number of hydrogen-bond donors (Lipinski definition) is 1. The van der Waals surface area contributed by atoms with Crippen molar-refractivity contribution in [1.29, 1.82) is 0 Å². The Hall–Kier alpha value is -3.66. The SMILES string of the molecule is Cn1c(=O)c2cc(C(=O)Nc3ncc(Cc4ccc(F)cc4)s3)cnc2n(C)c1=O. The molecule has 0 unspecified atom stereocenters. The number of nitrogens with zero attached hydrogens (tertiary/aromatic N) is 4. The zero-order valence-electron chi connectivity index (χ0n) is 16.0. The molecule has 0 radical (unpaired) electrons. The van der Waals surface area contributed by atoms with Crippen LogP contribution in [0.3, 0.4) is 0 Å². The molecule has 0 spiro atoms. The Morgan fingerprint density at radius 3 is 2.57 bits per heavy atom. The van der Waals surface area contributed by atoms with Gasteiger partial charge >= 0.3 is 5.69 Å². The van der Waals surface area contributed by atoms with Gasteiger partial charge in [-0.2, -0.15) is 0 Å². The summed E-state index contributed by atoms with van der Waals surface area (Å²) >= 11 is 1.30. The fourth-order valence-electron chi connectivity index (χ4n) is 3.01. The summed E-state index contributed by atoms with van der Waals surface area (Å²) in [6.07, 6.45) is 3.52. The molecule has 1 aromatic carbocycles. The molecule has 1 N–H and O–H groups in total. The lowest BCUT2D eigenvalue weighted by Gasteiger charge is -2.07. The van der Waals surface area contributed by atoms with Crippen LogP contribution in [0.25, 0.3) is 11.0 Å². The molecular weight excluding hydrogens is 409 g/mol. The summed E-state index contributed by atoms with van der Waals surface area (Å²) in [5, 5.41) is 3.25. The van der Waals surface area contributed by atoms with Crippen LogP contribution in [0.15, 0.2) is 52.3 Å². The highest BCUT2D eigenvalue weighted by Crippen LogP contribution is 2.22. The molecule has 0 saturated heterocycles. The minimum Gasteiger partial charge on any atom is -0.298 e. The van der Waals surface area contributed by atoms with Gasteiger partial charge in [-0.3, -0.25) is 24.0 Å². The van der Waals surface area contributed by atoms with E-state index in [2.05, 4.69) is 15.3 Å². The Labute approximate surface area is 173 Å². The van der Waals surface area contributed by atoms with Crippen LogP contribution in [0.1, 0.15) is 20.8 Å². The van der Waals surface area contributed by atoms with Crippen molar-refractivity contribution in [2.45, 2.75) is 6.42 Å². The van der Waals surface area contributed by atoms with Crippen LogP contribution in [0.4, 0.5) is 9.52 Å². The van der Waals surface area contributed by atoms with E-state index in [0.717, 1.165) is 15.0 Å². The highest BCUT2D eigenvalue weighted by atomic mass is 32.1. The third-order valence-electron chi connectivity index (χ3n) is 4.62. The largest absolute Gasteiger partial charge is 0.332 e. The summed E-state index contributed by atoms with van der Waals surface area (Å²) < 4.78 is 15.2. The number of carbonyl (C=O) groups excluding carboxylic acids is 1. The minimum atomic E-state index is -0.522. The molecule has 30 heavy (non-hydrogen) atoms. The monoisotopic (exact) mass is 425 g/mol. The molecule has 4 rings (SSSR count). The molecule has 1 amide bonds. The predicted molar refractivity (Wildman–Crippen MR) is 111 cm³/mol. The van der Waals surface area contributed by atoms with Crippen LogP contribution in [-0.4, -0.2) is 25.0 Å². The summed E-state index contributed by atoms with van der Waals surface area (Å²) in [5.41, 5.74) is 0.293. The van der Waals surface area contributed by atoms with E-state index in [1.54, 1.807) is 18.3 Å². The second-order valence-corrected chi connectivity index (χ2v) is 7.81. The van der Waals surface area contributed by atoms with Crippen molar-refractivity contribution in [2.75, 3.05) is 5.32 Å². The van der Waals surface area contributed by atoms with Crippen LogP contribution >= 0.6 is 11.3 Å². The maximum Gasteiger partial charge on any atom is 0.332 e. The Kier molecular flexibility index (Phi) is 5.00. The number of halogens is 1. The van der Waals surface area contributed by atoms with Gasteiger partial charge in [-0.05, 0) is 23.8 Å². The molecule has 4 aromatic rings. The van der Waals surface area contributed by atoms with Crippen molar-refractivity contribution in [1.82, 2.24) is 19.1 Å². The molecular formula is C20H16FN5O3S. The van der Waals surface area contributed by atoms with Crippen molar-refractivity contribution in [2.24, 2.45) is 14.1 Å². The summed E-state index contributed by atoms with van der Waals surface area (Å²) in [5.74, 6) is -0.766. The number of hydrogen-bond acceptors (Lipinski definition) is 6. The number of carbonyl (C=O) groups is 1. The average molecular weight is 425 g/mol. The maximum atomic E-state index is 13.0. The molecule has 0 aliphatic carbocycles. The third-order valence-corrected chi connectivity index (χ3v) is 5.53. The van der Waals surface area contributed by atoms with Gasteiger partial charge in [-0.25, -0.2) is 19.2 Å². The summed E-state index contributed by atoms with van der Waals surface area (Å²) in [6, 6.07) is 7.59. The van der Waals surface area contributed by atoms with Crippen LogP contribution in [0, 0.1) is 5.82 Å². The van der Waals surface area contributed by atoms with Gasteiger partial charge in [0.2, 0.25) is 0 Å². The molecule has 0 aliphatic rings. The summed E-state index contributed by atoms with van der Waals surface area (Å²) in [4.78, 5) is 46.2. The highest BCUT2D eigenvalue weighted by Gasteiger charge is 2.15. The molecule has 0 aliphatic heterocycles. The first-order valence-corrected chi connectivity index (χ1v) is 9.71. The minimum absolute atomic E-state index is 0.170.